The van der Waals surface area contributed by atoms with Gasteiger partial charge in [-0.3, -0.25) is 0 Å². The number of hydrogen-bond donors (Lipinski definition) is 0. The summed E-state index contributed by atoms with van der Waals surface area (Å²) in [6.07, 6.45) is 5.05. The Labute approximate surface area is 180 Å². The highest BCUT2D eigenvalue weighted by molar-refractivity contribution is 5.08. The zero-order valence-electron chi connectivity index (χ0n) is 20.3. The summed E-state index contributed by atoms with van der Waals surface area (Å²) in [6, 6.07) is 0. The van der Waals surface area contributed by atoms with Crippen LogP contribution in [0.3, 0.4) is 0 Å². The quantitative estimate of drug-likeness (QED) is 0.443. The van der Waals surface area contributed by atoms with Crippen LogP contribution in [0, 0.1) is 34.5 Å². The third-order valence-electron chi connectivity index (χ3n) is 7.95. The minimum absolute atomic E-state index is 0.164. The average Bonchev–Trinajstić information content (AvgIpc) is 2.60. The van der Waals surface area contributed by atoms with E-state index < -0.39 is 0 Å². The molecule has 0 aromatic rings. The van der Waals surface area contributed by atoms with E-state index in [0.717, 1.165) is 13.2 Å². The zero-order chi connectivity index (χ0) is 22.0. The van der Waals surface area contributed by atoms with E-state index in [1.807, 2.05) is 14.2 Å². The molecule has 0 aromatic carbocycles. The normalized spacial score (nSPS) is 36.6. The van der Waals surface area contributed by atoms with E-state index in [1.165, 1.54) is 36.8 Å². The monoisotopic (exact) mass is 406 g/mol. The van der Waals surface area contributed by atoms with Gasteiger partial charge in [0.25, 0.3) is 0 Å². The molecule has 0 amide bonds. The first-order valence-corrected chi connectivity index (χ1v) is 11.4. The Kier molecular flexibility index (Phi) is 8.20. The molecule has 4 unspecified atom stereocenters. The molecule has 2 fully saturated rings. The molecule has 2 rings (SSSR count). The molecule has 0 aromatic heterocycles. The second kappa shape index (κ2) is 9.66. The van der Waals surface area contributed by atoms with Crippen molar-refractivity contribution in [1.29, 1.82) is 0 Å². The van der Waals surface area contributed by atoms with Gasteiger partial charge in [0.1, 0.15) is 0 Å². The molecular weight excluding hydrogens is 360 g/mol. The van der Waals surface area contributed by atoms with Crippen LogP contribution in [0.25, 0.3) is 0 Å². The van der Waals surface area contributed by atoms with Crippen molar-refractivity contribution in [3.8, 4) is 0 Å². The molecule has 3 heteroatoms. The van der Waals surface area contributed by atoms with E-state index in [1.54, 1.807) is 0 Å². The van der Waals surface area contributed by atoms with Crippen molar-refractivity contribution in [3.05, 3.63) is 24.3 Å². The average molecular weight is 407 g/mol. The number of methoxy groups -OCH3 is 2. The van der Waals surface area contributed by atoms with E-state index in [0.29, 0.717) is 23.7 Å². The highest BCUT2D eigenvalue weighted by Gasteiger charge is 2.46. The molecule has 0 N–H and O–H groups in total. The Hall–Kier alpha value is -0.640. The highest BCUT2D eigenvalue weighted by atomic mass is 16.5. The maximum atomic E-state index is 6.48. The van der Waals surface area contributed by atoms with Gasteiger partial charge < -0.3 is 14.2 Å². The number of ether oxygens (including phenoxy) is 3. The summed E-state index contributed by atoms with van der Waals surface area (Å²) in [6.45, 7) is 23.6. The lowest BCUT2D eigenvalue weighted by atomic mass is 9.63. The molecule has 0 saturated heterocycles. The lowest BCUT2D eigenvalue weighted by Crippen LogP contribution is -2.49. The Morgan fingerprint density at radius 1 is 0.759 bits per heavy atom. The number of allylic oxidation sites excluding steroid dienone is 2. The smallest absolute Gasteiger partial charge is 0.0678 e. The highest BCUT2D eigenvalue weighted by Crippen LogP contribution is 2.48. The van der Waals surface area contributed by atoms with Gasteiger partial charge >= 0.3 is 0 Å². The van der Waals surface area contributed by atoms with Gasteiger partial charge in [-0.15, -0.1) is 0 Å². The largest absolute Gasteiger partial charge is 0.381 e. The summed E-state index contributed by atoms with van der Waals surface area (Å²) in [7, 11) is 3.70. The maximum Gasteiger partial charge on any atom is 0.0678 e. The van der Waals surface area contributed by atoms with Crippen molar-refractivity contribution >= 4 is 0 Å². The van der Waals surface area contributed by atoms with Crippen LogP contribution in [0.1, 0.15) is 67.2 Å². The van der Waals surface area contributed by atoms with Crippen LogP contribution in [0.4, 0.5) is 0 Å². The van der Waals surface area contributed by atoms with Crippen molar-refractivity contribution in [3.63, 3.8) is 0 Å². The fourth-order valence-corrected chi connectivity index (χ4v) is 6.31. The number of rotatable bonds is 8. The topological polar surface area (TPSA) is 27.7 Å². The molecule has 0 bridgehead atoms. The molecule has 2 saturated carbocycles. The van der Waals surface area contributed by atoms with E-state index in [2.05, 4.69) is 54.7 Å². The molecule has 0 aliphatic heterocycles. The fraction of sp³-hybridized carbons (Fsp3) is 0.846. The molecule has 3 nitrogen and oxygen atoms in total. The van der Waals surface area contributed by atoms with Gasteiger partial charge in [-0.05, 0) is 62.2 Å². The summed E-state index contributed by atoms with van der Waals surface area (Å²) in [5.74, 6) is 1.63. The van der Waals surface area contributed by atoms with Crippen LogP contribution in [-0.2, 0) is 14.2 Å². The molecule has 6 atom stereocenters. The second-order valence-electron chi connectivity index (χ2n) is 11.1. The molecule has 2 aliphatic carbocycles. The Bertz CT molecular complexity index is 527. The van der Waals surface area contributed by atoms with Gasteiger partial charge in [-0.2, -0.15) is 0 Å². The molecule has 2 aliphatic rings. The first-order valence-electron chi connectivity index (χ1n) is 11.4. The van der Waals surface area contributed by atoms with Crippen molar-refractivity contribution in [2.45, 2.75) is 79.4 Å². The van der Waals surface area contributed by atoms with Gasteiger partial charge in [0.2, 0.25) is 0 Å². The third kappa shape index (κ3) is 5.35. The first kappa shape index (κ1) is 24.6. The van der Waals surface area contributed by atoms with Crippen LogP contribution >= 0.6 is 0 Å². The summed E-state index contributed by atoms with van der Waals surface area (Å²) < 4.78 is 18.5. The van der Waals surface area contributed by atoms with Gasteiger partial charge in [0.05, 0.1) is 25.4 Å². The zero-order valence-corrected chi connectivity index (χ0v) is 20.3. The summed E-state index contributed by atoms with van der Waals surface area (Å²) in [5, 5.41) is 0. The minimum atomic E-state index is 0.164. The lowest BCUT2D eigenvalue weighted by Gasteiger charge is -2.49. The second-order valence-corrected chi connectivity index (χ2v) is 11.1. The van der Waals surface area contributed by atoms with Gasteiger partial charge in [0.15, 0.2) is 0 Å². The van der Waals surface area contributed by atoms with Crippen molar-refractivity contribution < 1.29 is 14.2 Å². The van der Waals surface area contributed by atoms with E-state index in [-0.39, 0.29) is 23.0 Å². The van der Waals surface area contributed by atoms with E-state index in [4.69, 9.17) is 14.2 Å². The van der Waals surface area contributed by atoms with Gasteiger partial charge in [-0.25, -0.2) is 0 Å². The first-order chi connectivity index (χ1) is 13.5. The lowest BCUT2D eigenvalue weighted by molar-refractivity contribution is -0.128. The molecule has 0 radical (unpaired) electrons. The van der Waals surface area contributed by atoms with E-state index in [9.17, 15) is 0 Å². The molecule has 168 valence electrons. The standard InChI is InChI=1S/C26H46O3/c1-17(2)19-11-13-25(5,6)23(27-9)21(19)15-29-16-22-20(18(3)4)12-14-26(7,8)24(22)28-10/h19-24H,1,3,11-16H2,2,4-10H3/t19?,20?,21-,22-,23?,24?/m0/s1. The maximum absolute atomic E-state index is 6.48. The number of hydrogen-bond acceptors (Lipinski definition) is 3. The van der Waals surface area contributed by atoms with Crippen LogP contribution < -0.4 is 0 Å². The molecular formula is C26H46O3. The predicted octanol–water partition coefficient (Wildman–Crippen LogP) is 6.29. The van der Waals surface area contributed by atoms with Crippen molar-refractivity contribution in [2.75, 3.05) is 27.4 Å². The van der Waals surface area contributed by atoms with E-state index >= 15 is 0 Å². The SMILES string of the molecule is C=C(C)C1CCC(C)(C)C(OC)[C@H]1COC[C@H]1C(C(=C)C)CCC(C)(C)C1OC. The summed E-state index contributed by atoms with van der Waals surface area (Å²) in [4.78, 5) is 0. The van der Waals surface area contributed by atoms with Crippen molar-refractivity contribution in [2.24, 2.45) is 34.5 Å². The van der Waals surface area contributed by atoms with Crippen LogP contribution in [0.5, 0.6) is 0 Å². The fourth-order valence-electron chi connectivity index (χ4n) is 6.31. The van der Waals surface area contributed by atoms with Crippen LogP contribution in [0.2, 0.25) is 0 Å². The van der Waals surface area contributed by atoms with Gasteiger partial charge in [0, 0.05) is 26.1 Å². The molecule has 29 heavy (non-hydrogen) atoms. The summed E-state index contributed by atoms with van der Waals surface area (Å²) in [5.41, 5.74) is 2.84. The predicted molar refractivity (Wildman–Crippen MR) is 122 cm³/mol. The Morgan fingerprint density at radius 2 is 1.10 bits per heavy atom. The summed E-state index contributed by atoms with van der Waals surface area (Å²) >= 11 is 0. The Morgan fingerprint density at radius 3 is 1.38 bits per heavy atom. The van der Waals surface area contributed by atoms with Crippen LogP contribution in [0.15, 0.2) is 24.3 Å². The van der Waals surface area contributed by atoms with Crippen molar-refractivity contribution in [1.82, 2.24) is 0 Å². The Balaban J connectivity index is 2.14. The third-order valence-corrected chi connectivity index (χ3v) is 7.95. The molecule has 0 spiro atoms. The minimum Gasteiger partial charge on any atom is -0.381 e. The molecule has 0 heterocycles. The van der Waals surface area contributed by atoms with Crippen LogP contribution in [-0.4, -0.2) is 39.6 Å². The van der Waals surface area contributed by atoms with Gasteiger partial charge in [-0.1, -0.05) is 52.0 Å².